The molecule has 0 saturated carbocycles. The third kappa shape index (κ3) is 40.5. The number of aliphatic hydroxyl groups is 1. The van der Waals surface area contributed by atoms with E-state index in [1.807, 2.05) is 24.3 Å². The molecule has 0 radical (unpaired) electrons. The van der Waals surface area contributed by atoms with Crippen LogP contribution in [0.1, 0.15) is 162 Å². The number of esters is 2. The van der Waals surface area contributed by atoms with Crippen molar-refractivity contribution in [3.05, 3.63) is 72.9 Å². The van der Waals surface area contributed by atoms with Gasteiger partial charge in [0.05, 0.1) is 12.7 Å². The highest BCUT2D eigenvalue weighted by molar-refractivity contribution is 7.46. The van der Waals surface area contributed by atoms with Gasteiger partial charge < -0.3 is 24.4 Å². The molecule has 0 amide bonds. The molecule has 304 valence electrons. The summed E-state index contributed by atoms with van der Waals surface area (Å²) >= 11 is 0. The van der Waals surface area contributed by atoms with Crippen molar-refractivity contribution in [1.82, 2.24) is 0 Å². The second-order valence-electron chi connectivity index (χ2n) is 13.5. The zero-order chi connectivity index (χ0) is 39.1. The number of allylic oxidation sites excluding steroid dienone is 11. The van der Waals surface area contributed by atoms with E-state index in [9.17, 15) is 19.3 Å². The van der Waals surface area contributed by atoms with Gasteiger partial charge in [0.15, 0.2) is 6.10 Å². The molecule has 3 N–H and O–H groups in total. The zero-order valence-electron chi connectivity index (χ0n) is 33.0. The van der Waals surface area contributed by atoms with Gasteiger partial charge >= 0.3 is 19.8 Å². The van der Waals surface area contributed by atoms with Crippen molar-refractivity contribution in [2.24, 2.45) is 0 Å². The number of rotatable bonds is 36. The first-order valence-corrected chi connectivity index (χ1v) is 21.9. The molecular weight excluding hydrogens is 691 g/mol. The van der Waals surface area contributed by atoms with E-state index < -0.39 is 45.2 Å². The maximum Gasteiger partial charge on any atom is 0.469 e. The van der Waals surface area contributed by atoms with E-state index in [2.05, 4.69) is 54.8 Å². The first-order valence-electron chi connectivity index (χ1n) is 20.3. The van der Waals surface area contributed by atoms with E-state index in [4.69, 9.17) is 19.3 Å². The molecule has 0 aromatic carbocycles. The summed E-state index contributed by atoms with van der Waals surface area (Å²) in [7, 11) is -4.81. The summed E-state index contributed by atoms with van der Waals surface area (Å²) in [6.45, 7) is 3.45. The molecule has 0 spiro atoms. The Morgan fingerprint density at radius 2 is 1.08 bits per heavy atom. The van der Waals surface area contributed by atoms with Gasteiger partial charge in [0.1, 0.15) is 6.61 Å². The van der Waals surface area contributed by atoms with Gasteiger partial charge in [-0.25, -0.2) is 4.57 Å². The van der Waals surface area contributed by atoms with Gasteiger partial charge in [0.25, 0.3) is 0 Å². The third-order valence-electron chi connectivity index (χ3n) is 8.30. The minimum absolute atomic E-state index is 0.0294. The topological polar surface area (TPSA) is 140 Å². The first kappa shape index (κ1) is 50.5. The van der Waals surface area contributed by atoms with Crippen LogP contribution in [0.15, 0.2) is 72.9 Å². The molecule has 2 atom stereocenters. The van der Waals surface area contributed by atoms with Crippen molar-refractivity contribution < 1.29 is 43.0 Å². The quantitative estimate of drug-likeness (QED) is 0.0187. The van der Waals surface area contributed by atoms with Gasteiger partial charge in [-0.3, -0.25) is 14.1 Å². The highest BCUT2D eigenvalue weighted by Crippen LogP contribution is 2.36. The molecule has 0 aliphatic rings. The minimum Gasteiger partial charge on any atom is -0.462 e. The summed E-state index contributed by atoms with van der Waals surface area (Å²) in [6, 6.07) is 0. The fraction of sp³-hybridized carbons (Fsp3) is 0.674. The number of phosphoric ester groups is 1. The highest BCUT2D eigenvalue weighted by Gasteiger charge is 2.23. The van der Waals surface area contributed by atoms with Crippen LogP contribution in [0.25, 0.3) is 0 Å². The van der Waals surface area contributed by atoms with Crippen LogP contribution in [0.4, 0.5) is 0 Å². The molecule has 1 unspecified atom stereocenters. The summed E-state index contributed by atoms with van der Waals surface area (Å²) in [5.74, 6) is -1.15. The van der Waals surface area contributed by atoms with Crippen molar-refractivity contribution in [3.63, 3.8) is 0 Å². The van der Waals surface area contributed by atoms with Crippen molar-refractivity contribution in [3.8, 4) is 0 Å². The summed E-state index contributed by atoms with van der Waals surface area (Å²) < 4.78 is 26.2. The number of hydrogen-bond donors (Lipinski definition) is 3. The minimum atomic E-state index is -4.81. The van der Waals surface area contributed by atoms with Crippen LogP contribution in [-0.4, -0.2) is 52.3 Å². The largest absolute Gasteiger partial charge is 0.469 e. The van der Waals surface area contributed by atoms with Crippen LogP contribution in [0.3, 0.4) is 0 Å². The molecule has 9 nitrogen and oxygen atoms in total. The maximum absolute atomic E-state index is 12.4. The number of phosphoric acid groups is 1. The summed E-state index contributed by atoms with van der Waals surface area (Å²) in [5, 5.41) is 10.2. The lowest BCUT2D eigenvalue weighted by Gasteiger charge is -2.18. The van der Waals surface area contributed by atoms with Crippen LogP contribution in [0, 0.1) is 0 Å². The molecule has 10 heteroatoms. The second kappa shape index (κ2) is 37.8. The van der Waals surface area contributed by atoms with Crippen molar-refractivity contribution in [2.75, 3.05) is 13.2 Å². The standard InChI is InChI=1S/C43H73O9P/c1-3-5-7-9-11-13-15-17-18-19-20-22-24-26-28-30-32-36-43(46)52-41(39-51-53(47,48)49)38-50-42(45)37-33-35-40(44)34-31-29-27-25-23-21-16-14-12-10-8-6-4-2/h17-18,20-23,26-29,31,34,40-41,44H,3-16,19,24-25,30,32-33,35-39H2,1-2H3,(H2,47,48,49)/b18-17-,22-20-,23-21+,28-26-,29-27+,34-31+/t40?,41-/m1/s1. The Labute approximate surface area is 322 Å². The van der Waals surface area contributed by atoms with E-state index in [-0.39, 0.29) is 12.8 Å². The smallest absolute Gasteiger partial charge is 0.462 e. The number of unbranched alkanes of at least 4 members (excludes halogenated alkanes) is 13. The molecule has 53 heavy (non-hydrogen) atoms. The Bertz CT molecular complexity index is 1100. The number of carbonyl (C=O) groups excluding carboxylic acids is 2. The summed E-state index contributed by atoms with van der Waals surface area (Å²) in [5.41, 5.74) is 0. The summed E-state index contributed by atoms with van der Waals surface area (Å²) in [4.78, 5) is 42.8. The molecule has 0 aromatic rings. The molecular formula is C43H73O9P. The molecule has 0 saturated heterocycles. The van der Waals surface area contributed by atoms with Crippen LogP contribution in [-0.2, 0) is 28.2 Å². The number of carbonyl (C=O) groups is 2. The first-order chi connectivity index (χ1) is 25.7. The van der Waals surface area contributed by atoms with E-state index >= 15 is 0 Å². The normalized spacial score (nSPS) is 13.8. The van der Waals surface area contributed by atoms with Gasteiger partial charge in [-0.05, 0) is 70.6 Å². The highest BCUT2D eigenvalue weighted by atomic mass is 31.2. The second-order valence-corrected chi connectivity index (χ2v) is 14.7. The fourth-order valence-corrected chi connectivity index (χ4v) is 5.58. The molecule has 0 aromatic heterocycles. The lowest BCUT2D eigenvalue weighted by Crippen LogP contribution is -2.29. The predicted molar refractivity (Wildman–Crippen MR) is 217 cm³/mol. The van der Waals surface area contributed by atoms with Crippen molar-refractivity contribution in [2.45, 2.75) is 174 Å². The van der Waals surface area contributed by atoms with E-state index in [0.29, 0.717) is 25.7 Å². The molecule has 0 heterocycles. The molecule has 0 aliphatic carbocycles. The fourth-order valence-electron chi connectivity index (χ4n) is 5.22. The molecule has 0 aliphatic heterocycles. The average molecular weight is 765 g/mol. The van der Waals surface area contributed by atoms with Crippen molar-refractivity contribution in [1.29, 1.82) is 0 Å². The molecule has 0 bridgehead atoms. The number of aliphatic hydroxyl groups excluding tert-OH is 1. The van der Waals surface area contributed by atoms with Gasteiger partial charge in [-0.2, -0.15) is 0 Å². The van der Waals surface area contributed by atoms with Crippen LogP contribution in [0.5, 0.6) is 0 Å². The van der Waals surface area contributed by atoms with Crippen LogP contribution >= 0.6 is 7.82 Å². The van der Waals surface area contributed by atoms with E-state index in [1.54, 1.807) is 12.2 Å². The Balaban J connectivity index is 4.22. The molecule has 0 rings (SSSR count). The number of ether oxygens (including phenoxy) is 2. The Hall–Kier alpha value is -2.55. The van der Waals surface area contributed by atoms with Gasteiger partial charge in [0.2, 0.25) is 0 Å². The Kier molecular flexibility index (Phi) is 35.9. The van der Waals surface area contributed by atoms with Crippen LogP contribution in [0.2, 0.25) is 0 Å². The van der Waals surface area contributed by atoms with E-state index in [1.165, 1.54) is 77.0 Å². The average Bonchev–Trinajstić information content (AvgIpc) is 3.12. The lowest BCUT2D eigenvalue weighted by molar-refractivity contribution is -0.161. The Morgan fingerprint density at radius 3 is 1.64 bits per heavy atom. The maximum atomic E-state index is 12.4. The third-order valence-corrected chi connectivity index (χ3v) is 8.79. The van der Waals surface area contributed by atoms with Gasteiger partial charge in [-0.15, -0.1) is 0 Å². The summed E-state index contributed by atoms with van der Waals surface area (Å²) in [6.07, 6.45) is 45.2. The zero-order valence-corrected chi connectivity index (χ0v) is 33.9. The van der Waals surface area contributed by atoms with Crippen LogP contribution < -0.4 is 0 Å². The predicted octanol–water partition coefficient (Wildman–Crippen LogP) is 11.3. The SMILES string of the molecule is CCCCCCCC/C=C\C/C=C\C/C=C\CCCC(=O)O[C@H](COC(=O)CCCC(O)/C=C/C=C/C/C=C/CCCCCCCC)COP(=O)(O)O. The van der Waals surface area contributed by atoms with E-state index in [0.717, 1.165) is 32.1 Å². The van der Waals surface area contributed by atoms with Crippen molar-refractivity contribution >= 4 is 19.8 Å². The Morgan fingerprint density at radius 1 is 0.585 bits per heavy atom. The monoisotopic (exact) mass is 764 g/mol. The molecule has 0 fully saturated rings. The van der Waals surface area contributed by atoms with Gasteiger partial charge in [-0.1, -0.05) is 151 Å². The number of hydrogen-bond acceptors (Lipinski definition) is 7. The lowest BCUT2D eigenvalue weighted by atomic mass is 10.1. The van der Waals surface area contributed by atoms with Gasteiger partial charge in [0, 0.05) is 12.8 Å².